The molecule has 1 amide bonds. The van der Waals surface area contributed by atoms with E-state index in [0.717, 1.165) is 6.20 Å². The maximum atomic E-state index is 13.0. The molecule has 5 heteroatoms. The minimum Gasteiger partial charge on any atom is -0.350 e. The molecule has 0 atom stereocenters. The third kappa shape index (κ3) is 5.51. The quantitative estimate of drug-likeness (QED) is 0.868. The van der Waals surface area contributed by atoms with Crippen LogP contribution < -0.4 is 5.32 Å². The van der Waals surface area contributed by atoms with E-state index >= 15 is 0 Å². The molecular weight excluding hydrogens is 293 g/mol. The Morgan fingerprint density at radius 2 is 1.91 bits per heavy atom. The highest BCUT2D eigenvalue weighted by atomic mass is 19.1. The normalized spacial score (nSPS) is 10.6. The second-order valence-electron chi connectivity index (χ2n) is 6.32. The molecule has 2 rings (SSSR count). The first-order chi connectivity index (χ1) is 10.8. The molecule has 0 bridgehead atoms. The number of carbonyl (C=O) groups is 1. The average Bonchev–Trinajstić information content (AvgIpc) is 2.50. The van der Waals surface area contributed by atoms with E-state index in [9.17, 15) is 9.18 Å². The highest BCUT2D eigenvalue weighted by molar-refractivity contribution is 5.92. The van der Waals surface area contributed by atoms with Crippen LogP contribution in [0.1, 0.15) is 42.4 Å². The Labute approximate surface area is 135 Å². The lowest BCUT2D eigenvalue weighted by atomic mass is 9.97. The van der Waals surface area contributed by atoms with Gasteiger partial charge in [-0.25, -0.2) is 9.37 Å². The second kappa shape index (κ2) is 7.01. The van der Waals surface area contributed by atoms with Crippen LogP contribution in [0.15, 0.2) is 36.8 Å². The number of halogens is 1. The van der Waals surface area contributed by atoms with Gasteiger partial charge in [0.05, 0.1) is 6.20 Å². The molecule has 2 heterocycles. The number of hydrogen-bond donors (Lipinski definition) is 1. The van der Waals surface area contributed by atoms with Crippen molar-refractivity contribution in [2.75, 3.05) is 6.54 Å². The fourth-order valence-corrected chi connectivity index (χ4v) is 1.66. The maximum Gasteiger partial charge on any atom is 0.269 e. The molecule has 0 aliphatic rings. The molecule has 118 valence electrons. The molecule has 0 unspecified atom stereocenters. The van der Waals surface area contributed by atoms with Gasteiger partial charge in [-0.3, -0.25) is 9.78 Å². The molecule has 1 N–H and O–H groups in total. The minimum absolute atomic E-state index is 0.0140. The number of nitrogens with one attached hydrogen (secondary N) is 1. The van der Waals surface area contributed by atoms with E-state index in [1.165, 1.54) is 18.5 Å². The van der Waals surface area contributed by atoms with Gasteiger partial charge in [0.25, 0.3) is 5.91 Å². The van der Waals surface area contributed by atoms with Gasteiger partial charge in [-0.1, -0.05) is 32.6 Å². The molecule has 2 aromatic rings. The summed E-state index contributed by atoms with van der Waals surface area (Å²) in [6.45, 7) is 6.70. The number of amides is 1. The first-order valence-electron chi connectivity index (χ1n) is 7.20. The van der Waals surface area contributed by atoms with E-state index in [0.29, 0.717) is 23.4 Å². The van der Waals surface area contributed by atoms with Crippen molar-refractivity contribution in [2.45, 2.75) is 20.8 Å². The molecule has 0 aromatic carbocycles. The van der Waals surface area contributed by atoms with E-state index in [1.807, 2.05) is 20.8 Å². The van der Waals surface area contributed by atoms with E-state index in [-0.39, 0.29) is 11.3 Å². The number of carbonyl (C=O) groups excluding carboxylic acids is 1. The monoisotopic (exact) mass is 311 g/mol. The highest BCUT2D eigenvalue weighted by Gasteiger charge is 2.13. The Hall–Kier alpha value is -2.74. The molecule has 0 aliphatic carbocycles. The standard InChI is InChI=1S/C18H18FN3O/c1-18(2,3)12-22-17(23)16-7-6-13(10-21-16)4-5-14-8-15(19)11-20-9-14/h6-11H,12H2,1-3H3,(H,22,23). The Morgan fingerprint density at radius 3 is 2.52 bits per heavy atom. The predicted molar refractivity (Wildman–Crippen MR) is 86.2 cm³/mol. The highest BCUT2D eigenvalue weighted by Crippen LogP contribution is 2.10. The van der Waals surface area contributed by atoms with Crippen LogP contribution in [0.25, 0.3) is 0 Å². The largest absolute Gasteiger partial charge is 0.350 e. The Morgan fingerprint density at radius 1 is 1.17 bits per heavy atom. The van der Waals surface area contributed by atoms with E-state index < -0.39 is 5.82 Å². The van der Waals surface area contributed by atoms with Gasteiger partial charge in [-0.2, -0.15) is 0 Å². The summed E-state index contributed by atoms with van der Waals surface area (Å²) in [6.07, 6.45) is 4.13. The van der Waals surface area contributed by atoms with Gasteiger partial charge in [0, 0.05) is 30.1 Å². The van der Waals surface area contributed by atoms with Gasteiger partial charge < -0.3 is 5.32 Å². The van der Waals surface area contributed by atoms with Crippen molar-refractivity contribution < 1.29 is 9.18 Å². The summed E-state index contributed by atoms with van der Waals surface area (Å²) in [7, 11) is 0. The van der Waals surface area contributed by atoms with Gasteiger partial charge in [-0.05, 0) is 23.6 Å². The lowest BCUT2D eigenvalue weighted by molar-refractivity contribution is 0.0934. The van der Waals surface area contributed by atoms with Crippen LogP contribution in [-0.2, 0) is 0 Å². The smallest absolute Gasteiger partial charge is 0.269 e. The summed E-state index contributed by atoms with van der Waals surface area (Å²) in [5.41, 5.74) is 1.48. The van der Waals surface area contributed by atoms with Crippen LogP contribution in [0.3, 0.4) is 0 Å². The predicted octanol–water partition coefficient (Wildman–Crippen LogP) is 2.79. The van der Waals surface area contributed by atoms with Gasteiger partial charge >= 0.3 is 0 Å². The van der Waals surface area contributed by atoms with Crippen LogP contribution in [0, 0.1) is 23.1 Å². The number of hydrogen-bond acceptors (Lipinski definition) is 3. The van der Waals surface area contributed by atoms with E-state index in [2.05, 4.69) is 27.1 Å². The average molecular weight is 311 g/mol. The lowest BCUT2D eigenvalue weighted by Gasteiger charge is -2.18. The molecule has 0 saturated carbocycles. The molecule has 4 nitrogen and oxygen atoms in total. The van der Waals surface area contributed by atoms with Crippen molar-refractivity contribution in [2.24, 2.45) is 5.41 Å². The first-order valence-corrected chi connectivity index (χ1v) is 7.20. The summed E-state index contributed by atoms with van der Waals surface area (Å²) in [4.78, 5) is 19.8. The SMILES string of the molecule is CC(C)(C)CNC(=O)c1ccc(C#Cc2cncc(F)c2)cn1. The first kappa shape index (κ1) is 16.6. The molecule has 0 fully saturated rings. The lowest BCUT2D eigenvalue weighted by Crippen LogP contribution is -2.32. The Kier molecular flexibility index (Phi) is 5.07. The Balaban J connectivity index is 2.04. The third-order valence-electron chi connectivity index (χ3n) is 2.83. The molecular formula is C18H18FN3O. The summed E-state index contributed by atoms with van der Waals surface area (Å²) < 4.78 is 13.0. The zero-order valence-electron chi connectivity index (χ0n) is 13.4. The minimum atomic E-state index is -0.430. The summed E-state index contributed by atoms with van der Waals surface area (Å²) in [5, 5.41) is 2.84. The number of aromatic nitrogens is 2. The van der Waals surface area contributed by atoms with Crippen molar-refractivity contribution in [3.63, 3.8) is 0 Å². The van der Waals surface area contributed by atoms with Crippen molar-refractivity contribution in [3.05, 3.63) is 59.4 Å². The van der Waals surface area contributed by atoms with Crippen molar-refractivity contribution in [3.8, 4) is 11.8 Å². The summed E-state index contributed by atoms with van der Waals surface area (Å²) >= 11 is 0. The van der Waals surface area contributed by atoms with Crippen molar-refractivity contribution in [1.82, 2.24) is 15.3 Å². The molecule has 0 spiro atoms. The topological polar surface area (TPSA) is 54.9 Å². The summed E-state index contributed by atoms with van der Waals surface area (Å²) in [5.74, 6) is 5.02. The van der Waals surface area contributed by atoms with Gasteiger partial charge in [-0.15, -0.1) is 0 Å². The number of nitrogens with zero attached hydrogens (tertiary/aromatic N) is 2. The van der Waals surface area contributed by atoms with E-state index in [1.54, 1.807) is 12.1 Å². The summed E-state index contributed by atoms with van der Waals surface area (Å²) in [6, 6.07) is 4.63. The van der Waals surface area contributed by atoms with Crippen LogP contribution in [0.5, 0.6) is 0 Å². The van der Waals surface area contributed by atoms with Crippen LogP contribution in [0.4, 0.5) is 4.39 Å². The number of pyridine rings is 2. The van der Waals surface area contributed by atoms with Gasteiger partial charge in [0.2, 0.25) is 0 Å². The van der Waals surface area contributed by atoms with Crippen molar-refractivity contribution >= 4 is 5.91 Å². The van der Waals surface area contributed by atoms with Crippen LogP contribution in [0.2, 0.25) is 0 Å². The zero-order chi connectivity index (χ0) is 16.9. The number of rotatable bonds is 2. The van der Waals surface area contributed by atoms with E-state index in [4.69, 9.17) is 0 Å². The Bertz CT molecular complexity index is 752. The van der Waals surface area contributed by atoms with Gasteiger partial charge in [0.1, 0.15) is 11.5 Å². The van der Waals surface area contributed by atoms with Crippen LogP contribution >= 0.6 is 0 Å². The van der Waals surface area contributed by atoms with Crippen molar-refractivity contribution in [1.29, 1.82) is 0 Å². The molecule has 0 aliphatic heterocycles. The fourth-order valence-electron chi connectivity index (χ4n) is 1.66. The van der Waals surface area contributed by atoms with Crippen LogP contribution in [-0.4, -0.2) is 22.4 Å². The molecule has 2 aromatic heterocycles. The second-order valence-corrected chi connectivity index (χ2v) is 6.32. The third-order valence-corrected chi connectivity index (χ3v) is 2.83. The molecule has 23 heavy (non-hydrogen) atoms. The molecule has 0 saturated heterocycles. The molecule has 0 radical (unpaired) electrons. The van der Waals surface area contributed by atoms with Gasteiger partial charge in [0.15, 0.2) is 0 Å². The zero-order valence-corrected chi connectivity index (χ0v) is 13.4. The fraction of sp³-hybridized carbons (Fsp3) is 0.278. The maximum absolute atomic E-state index is 13.0.